The Morgan fingerprint density at radius 2 is 1.85 bits per heavy atom. The van der Waals surface area contributed by atoms with Crippen LogP contribution in [0, 0.1) is 11.6 Å². The smallest absolute Gasteiger partial charge is 0.328 e. The van der Waals surface area contributed by atoms with Gasteiger partial charge in [0.1, 0.15) is 17.3 Å². The molecule has 0 aromatic heterocycles. The van der Waals surface area contributed by atoms with Crippen LogP contribution in [-0.2, 0) is 11.2 Å². The van der Waals surface area contributed by atoms with Gasteiger partial charge in [0.2, 0.25) is 0 Å². The Morgan fingerprint density at radius 3 is 2.48 bits per heavy atom. The summed E-state index contributed by atoms with van der Waals surface area (Å²) in [6.07, 6.45) is 4.07. The predicted octanol–water partition coefficient (Wildman–Crippen LogP) is 6.10. The van der Waals surface area contributed by atoms with Crippen LogP contribution >= 0.6 is 0 Å². The number of carboxylic acids is 1. The normalized spacial score (nSPS) is 29.2. The lowest BCUT2D eigenvalue weighted by atomic mass is 9.74. The van der Waals surface area contributed by atoms with E-state index in [0.29, 0.717) is 19.3 Å². The standard InChI is InChI=1S/C27H26F3NO2/c1-15-9-20-19-6-4-3-5-17(19)12-21(20)26(31(15)18-13-27(2,30)14-18)25-22(28)10-16(11-23(25)29)7-8-24(32)33/h3-8,10-11,15,18,26H,9,12-14H2,1-2H3,(H,32,33)/b8-7+/t15-,18?,26+,27?/m1/s1. The Labute approximate surface area is 191 Å². The molecule has 1 N–H and O–H groups in total. The summed E-state index contributed by atoms with van der Waals surface area (Å²) in [5, 5.41) is 8.84. The molecule has 5 rings (SSSR count). The van der Waals surface area contributed by atoms with Crippen LogP contribution in [0.3, 0.4) is 0 Å². The summed E-state index contributed by atoms with van der Waals surface area (Å²) < 4.78 is 45.5. The number of carboxylic acid groups (broad SMARTS) is 1. The van der Waals surface area contributed by atoms with Crippen molar-refractivity contribution in [2.24, 2.45) is 0 Å². The zero-order valence-corrected chi connectivity index (χ0v) is 18.6. The molecule has 1 heterocycles. The van der Waals surface area contributed by atoms with E-state index in [-0.39, 0.29) is 23.2 Å². The minimum Gasteiger partial charge on any atom is -0.478 e. The van der Waals surface area contributed by atoms with Crippen molar-refractivity contribution in [2.75, 3.05) is 0 Å². The summed E-state index contributed by atoms with van der Waals surface area (Å²) in [6, 6.07) is 9.68. The number of halogens is 3. The molecule has 1 fully saturated rings. The molecular weight excluding hydrogens is 427 g/mol. The molecule has 0 spiro atoms. The van der Waals surface area contributed by atoms with E-state index < -0.39 is 29.3 Å². The summed E-state index contributed by atoms with van der Waals surface area (Å²) >= 11 is 0. The second kappa shape index (κ2) is 7.87. The number of rotatable bonds is 4. The highest BCUT2D eigenvalue weighted by Gasteiger charge is 2.50. The van der Waals surface area contributed by atoms with E-state index in [9.17, 15) is 9.18 Å². The van der Waals surface area contributed by atoms with Crippen molar-refractivity contribution in [3.63, 3.8) is 0 Å². The summed E-state index contributed by atoms with van der Waals surface area (Å²) in [7, 11) is 0. The van der Waals surface area contributed by atoms with Gasteiger partial charge in [-0.1, -0.05) is 24.3 Å². The third kappa shape index (κ3) is 3.80. The summed E-state index contributed by atoms with van der Waals surface area (Å²) in [6.45, 7) is 3.62. The molecule has 0 bridgehead atoms. The lowest BCUT2D eigenvalue weighted by molar-refractivity contribution is -0.131. The number of fused-ring (bicyclic) bond motifs is 2. The lowest BCUT2D eigenvalue weighted by Gasteiger charge is -2.53. The quantitative estimate of drug-likeness (QED) is 0.569. The Bertz CT molecular complexity index is 1170. The Kier molecular flexibility index (Phi) is 5.24. The molecule has 0 radical (unpaired) electrons. The number of alkyl halides is 1. The van der Waals surface area contributed by atoms with Crippen LogP contribution in [0.2, 0.25) is 0 Å². The van der Waals surface area contributed by atoms with E-state index in [0.717, 1.165) is 34.8 Å². The average Bonchev–Trinajstić information content (AvgIpc) is 3.08. The molecule has 2 atom stereocenters. The number of carbonyl (C=O) groups is 1. The fraction of sp³-hybridized carbons (Fsp3) is 0.370. The molecule has 172 valence electrons. The summed E-state index contributed by atoms with van der Waals surface area (Å²) in [5.74, 6) is -2.62. The first-order valence-corrected chi connectivity index (χ1v) is 11.3. The van der Waals surface area contributed by atoms with Crippen molar-refractivity contribution >= 4 is 17.6 Å². The first-order chi connectivity index (χ1) is 15.6. The van der Waals surface area contributed by atoms with E-state index in [1.54, 1.807) is 6.92 Å². The topological polar surface area (TPSA) is 40.5 Å². The zero-order chi connectivity index (χ0) is 23.5. The maximum Gasteiger partial charge on any atom is 0.328 e. The highest BCUT2D eigenvalue weighted by atomic mass is 19.1. The van der Waals surface area contributed by atoms with Crippen LogP contribution in [0.5, 0.6) is 0 Å². The van der Waals surface area contributed by atoms with Gasteiger partial charge in [0.05, 0.1) is 6.04 Å². The average molecular weight is 454 g/mol. The van der Waals surface area contributed by atoms with Gasteiger partial charge >= 0.3 is 5.97 Å². The SMILES string of the molecule is C[C@@H]1CC2=C(Cc3ccccc32)[C@@H](c2c(F)cc(/C=C/C(=O)O)cc2F)N1C1CC(C)(F)C1. The van der Waals surface area contributed by atoms with Crippen LogP contribution in [0.25, 0.3) is 11.6 Å². The minimum atomic E-state index is -1.26. The van der Waals surface area contributed by atoms with Crippen molar-refractivity contribution in [1.82, 2.24) is 4.90 Å². The van der Waals surface area contributed by atoms with Crippen molar-refractivity contribution in [3.8, 4) is 0 Å². The molecule has 0 amide bonds. The maximum absolute atomic E-state index is 15.5. The van der Waals surface area contributed by atoms with Gasteiger partial charge in [0.25, 0.3) is 0 Å². The lowest BCUT2D eigenvalue weighted by Crippen LogP contribution is -2.57. The van der Waals surface area contributed by atoms with E-state index in [1.807, 2.05) is 25.1 Å². The fourth-order valence-electron chi connectivity index (χ4n) is 5.95. The van der Waals surface area contributed by atoms with E-state index in [4.69, 9.17) is 5.11 Å². The highest BCUT2D eigenvalue weighted by molar-refractivity contribution is 5.85. The molecule has 2 aliphatic carbocycles. The van der Waals surface area contributed by atoms with E-state index in [2.05, 4.69) is 11.0 Å². The molecule has 0 unspecified atom stereocenters. The zero-order valence-electron chi connectivity index (χ0n) is 18.6. The monoisotopic (exact) mass is 453 g/mol. The van der Waals surface area contributed by atoms with E-state index in [1.165, 1.54) is 18.2 Å². The minimum absolute atomic E-state index is 0.00797. The van der Waals surface area contributed by atoms with Gasteiger partial charge in [0.15, 0.2) is 0 Å². The van der Waals surface area contributed by atoms with Crippen LogP contribution in [0.4, 0.5) is 13.2 Å². The highest BCUT2D eigenvalue weighted by Crippen LogP contribution is 2.53. The van der Waals surface area contributed by atoms with Crippen LogP contribution in [0.1, 0.15) is 61.4 Å². The van der Waals surface area contributed by atoms with Crippen LogP contribution < -0.4 is 0 Å². The first kappa shape index (κ1) is 22.0. The number of benzene rings is 2. The van der Waals surface area contributed by atoms with Crippen molar-refractivity contribution in [1.29, 1.82) is 0 Å². The molecule has 1 aliphatic heterocycles. The molecule has 1 saturated carbocycles. The Morgan fingerprint density at radius 1 is 1.18 bits per heavy atom. The van der Waals surface area contributed by atoms with Gasteiger partial charge in [-0.2, -0.15) is 0 Å². The maximum atomic E-state index is 15.5. The Balaban J connectivity index is 1.63. The summed E-state index contributed by atoms with van der Waals surface area (Å²) in [4.78, 5) is 12.9. The number of nitrogens with zero attached hydrogens (tertiary/aromatic N) is 1. The molecule has 0 saturated heterocycles. The first-order valence-electron chi connectivity index (χ1n) is 11.3. The van der Waals surface area contributed by atoms with Gasteiger partial charge in [-0.05, 0) is 85.6 Å². The van der Waals surface area contributed by atoms with Gasteiger partial charge in [-0.15, -0.1) is 0 Å². The van der Waals surface area contributed by atoms with Crippen LogP contribution in [0.15, 0.2) is 48.0 Å². The largest absolute Gasteiger partial charge is 0.478 e. The molecule has 33 heavy (non-hydrogen) atoms. The molecule has 3 aliphatic rings. The molecule has 6 heteroatoms. The van der Waals surface area contributed by atoms with E-state index >= 15 is 8.78 Å². The van der Waals surface area contributed by atoms with Gasteiger partial charge in [-0.25, -0.2) is 18.0 Å². The Hall–Kier alpha value is -2.86. The number of hydrogen-bond acceptors (Lipinski definition) is 2. The number of aliphatic carboxylic acids is 1. The third-order valence-corrected chi connectivity index (χ3v) is 7.29. The number of hydrogen-bond donors (Lipinski definition) is 1. The molecule has 2 aromatic carbocycles. The predicted molar refractivity (Wildman–Crippen MR) is 121 cm³/mol. The van der Waals surface area contributed by atoms with Gasteiger partial charge < -0.3 is 5.11 Å². The molecule has 3 nitrogen and oxygen atoms in total. The second-order valence-electron chi connectivity index (χ2n) is 9.79. The summed E-state index contributed by atoms with van der Waals surface area (Å²) in [5.41, 5.74) is 3.24. The van der Waals surface area contributed by atoms with Crippen molar-refractivity contribution < 1.29 is 23.1 Å². The fourth-order valence-corrected chi connectivity index (χ4v) is 5.95. The molecular formula is C27H26F3NO2. The van der Waals surface area contributed by atoms with Crippen molar-refractivity contribution in [2.45, 2.75) is 63.3 Å². The van der Waals surface area contributed by atoms with Gasteiger partial charge in [-0.3, -0.25) is 4.90 Å². The van der Waals surface area contributed by atoms with Crippen molar-refractivity contribution in [3.05, 3.63) is 81.9 Å². The third-order valence-electron chi connectivity index (χ3n) is 7.29. The second-order valence-corrected chi connectivity index (χ2v) is 9.79. The van der Waals surface area contributed by atoms with Gasteiger partial charge in [0, 0.05) is 23.7 Å². The van der Waals surface area contributed by atoms with Crippen LogP contribution in [-0.4, -0.2) is 33.7 Å². The molecule has 2 aromatic rings.